The van der Waals surface area contributed by atoms with Crippen molar-refractivity contribution in [2.24, 2.45) is 0 Å². The Morgan fingerprint density at radius 2 is 0.822 bits per heavy atom. The summed E-state index contributed by atoms with van der Waals surface area (Å²) in [5.74, 6) is 2.54. The van der Waals surface area contributed by atoms with Crippen molar-refractivity contribution >= 4 is 35.0 Å². The predicted molar refractivity (Wildman–Crippen MR) is 297 cm³/mol. The van der Waals surface area contributed by atoms with E-state index < -0.39 is 31.3 Å². The van der Waals surface area contributed by atoms with Gasteiger partial charge in [-0.25, -0.2) is 4.21 Å². The number of alkyl halides is 1. The summed E-state index contributed by atoms with van der Waals surface area (Å²) in [7, 11) is -4.13. The molecule has 376 valence electrons. The standard InChI is InChI=1S/C62H63BrO8SSi/c1-4-73(5-2,6-3)71-59(41-63)60(52-37-55(66-43-48-27-15-8-16-28-48)61(69-46-51-33-21-11-22-34-51)56(38-52)67-44-49-29-17-9-18-30-49)70-58-40-53(65-42-47-25-13-7-14-26-47)39-57(68-45-50-31-19-10-20-32-50)62(58)72(64)54-35-23-12-24-36-54/h7-40,59-60H,4-6,41-46H2,1-3H3/t59-,60-,72?/m1/s1. The lowest BCUT2D eigenvalue weighted by Gasteiger charge is -2.37. The van der Waals surface area contributed by atoms with Gasteiger partial charge in [0.05, 0.1) is 16.9 Å². The molecule has 0 fully saturated rings. The van der Waals surface area contributed by atoms with E-state index in [1.807, 2.05) is 206 Å². The molecule has 0 heterocycles. The minimum Gasteiger partial charge on any atom is -0.489 e. The summed E-state index contributed by atoms with van der Waals surface area (Å²) in [6, 6.07) is 69.7. The summed E-state index contributed by atoms with van der Waals surface area (Å²) in [5, 5.41) is 0.414. The van der Waals surface area contributed by atoms with E-state index in [9.17, 15) is 0 Å². The normalized spacial score (nSPS) is 12.5. The van der Waals surface area contributed by atoms with Crippen molar-refractivity contribution in [3.8, 4) is 34.5 Å². The summed E-state index contributed by atoms with van der Waals surface area (Å²) < 4.78 is 64.1. The van der Waals surface area contributed by atoms with E-state index in [1.54, 1.807) is 0 Å². The highest BCUT2D eigenvalue weighted by atomic mass is 79.9. The second kappa shape index (κ2) is 26.9. The van der Waals surface area contributed by atoms with Gasteiger partial charge in [-0.05, 0) is 70.2 Å². The highest BCUT2D eigenvalue weighted by molar-refractivity contribution is 9.09. The van der Waals surface area contributed by atoms with Crippen molar-refractivity contribution in [3.05, 3.63) is 240 Å². The number of ether oxygens (including phenoxy) is 6. The lowest BCUT2D eigenvalue weighted by atomic mass is 10.0. The lowest BCUT2D eigenvalue weighted by Crippen LogP contribution is -2.43. The van der Waals surface area contributed by atoms with E-state index in [-0.39, 0.29) is 33.0 Å². The van der Waals surface area contributed by atoms with Gasteiger partial charge >= 0.3 is 0 Å². The lowest BCUT2D eigenvalue weighted by molar-refractivity contribution is 0.0579. The zero-order valence-electron chi connectivity index (χ0n) is 41.7. The highest BCUT2D eigenvalue weighted by Crippen LogP contribution is 2.47. The Balaban J connectivity index is 1.33. The summed E-state index contributed by atoms with van der Waals surface area (Å²) in [5.41, 5.74) is 5.59. The van der Waals surface area contributed by atoms with Crippen molar-refractivity contribution < 1.29 is 37.1 Å². The fourth-order valence-corrected chi connectivity index (χ4v) is 13.3. The first-order chi connectivity index (χ1) is 35.9. The van der Waals surface area contributed by atoms with Crippen molar-refractivity contribution in [3.63, 3.8) is 0 Å². The molecule has 1 unspecified atom stereocenters. The Labute approximate surface area is 442 Å². The third kappa shape index (κ3) is 14.5. The van der Waals surface area contributed by atoms with Gasteiger partial charge < -0.3 is 32.8 Å². The maximum atomic E-state index is 15.3. The van der Waals surface area contributed by atoms with Crippen LogP contribution >= 0.6 is 15.9 Å². The van der Waals surface area contributed by atoms with Crippen LogP contribution < -0.4 is 28.4 Å². The summed E-state index contributed by atoms with van der Waals surface area (Å²) in [6.07, 6.45) is -1.39. The van der Waals surface area contributed by atoms with Crippen molar-refractivity contribution in [1.82, 2.24) is 0 Å². The number of rotatable bonds is 27. The molecule has 8 rings (SSSR count). The molecule has 0 aliphatic carbocycles. The van der Waals surface area contributed by atoms with Crippen molar-refractivity contribution in [2.45, 2.75) is 93.9 Å². The Kier molecular flexibility index (Phi) is 19.4. The second-order valence-corrected chi connectivity index (χ2v) is 24.4. The zero-order valence-corrected chi connectivity index (χ0v) is 45.1. The molecule has 0 aliphatic heterocycles. The number of halogens is 1. The number of hydrogen-bond donors (Lipinski definition) is 0. The number of hydrogen-bond acceptors (Lipinski definition) is 8. The van der Waals surface area contributed by atoms with E-state index in [2.05, 4.69) is 36.7 Å². The van der Waals surface area contributed by atoms with Crippen LogP contribution in [0.3, 0.4) is 0 Å². The fraction of sp³-hybridized carbons (Fsp3) is 0.226. The van der Waals surface area contributed by atoms with Gasteiger partial charge in [0.2, 0.25) is 5.75 Å². The molecule has 3 atom stereocenters. The van der Waals surface area contributed by atoms with Crippen LogP contribution in [0.5, 0.6) is 34.5 Å². The van der Waals surface area contributed by atoms with Gasteiger partial charge in [-0.1, -0.05) is 207 Å². The van der Waals surface area contributed by atoms with Crippen LogP contribution in [0.2, 0.25) is 18.1 Å². The molecule has 0 N–H and O–H groups in total. The van der Waals surface area contributed by atoms with Gasteiger partial charge in [-0.15, -0.1) is 0 Å². The molecule has 0 spiro atoms. The Morgan fingerprint density at radius 3 is 1.23 bits per heavy atom. The molecular formula is C62H63BrO8SSi. The molecule has 11 heteroatoms. The van der Waals surface area contributed by atoms with Crippen LogP contribution in [0.15, 0.2) is 216 Å². The molecular weight excluding hydrogens is 1010 g/mol. The highest BCUT2D eigenvalue weighted by Gasteiger charge is 2.38. The molecule has 0 amide bonds. The molecule has 8 aromatic rings. The van der Waals surface area contributed by atoms with E-state index in [0.717, 1.165) is 45.9 Å². The monoisotopic (exact) mass is 1070 g/mol. The van der Waals surface area contributed by atoms with E-state index >= 15 is 4.21 Å². The molecule has 8 aromatic carbocycles. The first-order valence-corrected chi connectivity index (χ1v) is 29.7. The quantitative estimate of drug-likeness (QED) is 0.0372. The first kappa shape index (κ1) is 52.7. The SMILES string of the molecule is CC[Si](CC)(CC)O[C@H](CBr)[C@H](Oc1cc(OCc2ccccc2)cc(OCc2ccccc2)c1S(=O)c1ccccc1)c1cc(OCc2ccccc2)c(OCc2ccccc2)c(OCc2ccccc2)c1. The summed E-state index contributed by atoms with van der Waals surface area (Å²) >= 11 is 3.93. The molecule has 0 bridgehead atoms. The van der Waals surface area contributed by atoms with Crippen molar-refractivity contribution in [2.75, 3.05) is 5.33 Å². The third-order valence-electron chi connectivity index (χ3n) is 12.8. The predicted octanol–water partition coefficient (Wildman–Crippen LogP) is 15.7. The smallest absolute Gasteiger partial charge is 0.203 e. The van der Waals surface area contributed by atoms with Crippen LogP contribution in [-0.4, -0.2) is 24.0 Å². The van der Waals surface area contributed by atoms with Gasteiger partial charge in [0.15, 0.2) is 19.8 Å². The maximum absolute atomic E-state index is 15.3. The second-order valence-electron chi connectivity index (χ2n) is 17.6. The topological polar surface area (TPSA) is 81.7 Å². The Bertz CT molecular complexity index is 2860. The maximum Gasteiger partial charge on any atom is 0.203 e. The van der Waals surface area contributed by atoms with E-state index in [0.29, 0.717) is 55.2 Å². The average Bonchev–Trinajstić information content (AvgIpc) is 3.46. The minimum absolute atomic E-state index is 0.213. The van der Waals surface area contributed by atoms with Gasteiger partial charge in [-0.3, -0.25) is 0 Å². The summed E-state index contributed by atoms with van der Waals surface area (Å²) in [6.45, 7) is 7.93. The Hall–Kier alpha value is -6.63. The van der Waals surface area contributed by atoms with Crippen LogP contribution in [0, 0.1) is 0 Å². The van der Waals surface area contributed by atoms with Crippen LogP contribution in [0.25, 0.3) is 0 Å². The van der Waals surface area contributed by atoms with Crippen molar-refractivity contribution in [1.29, 1.82) is 0 Å². The average molecular weight is 1080 g/mol. The molecule has 0 saturated carbocycles. The molecule has 0 aliphatic rings. The van der Waals surface area contributed by atoms with Gasteiger partial charge in [0.1, 0.15) is 61.3 Å². The van der Waals surface area contributed by atoms with E-state index in [1.165, 1.54) is 0 Å². The molecule has 0 aromatic heterocycles. The van der Waals surface area contributed by atoms with Crippen LogP contribution in [0.4, 0.5) is 0 Å². The largest absolute Gasteiger partial charge is 0.489 e. The molecule has 0 saturated heterocycles. The minimum atomic E-state index is -2.34. The summed E-state index contributed by atoms with van der Waals surface area (Å²) in [4.78, 5) is 0.948. The molecule has 73 heavy (non-hydrogen) atoms. The molecule has 0 radical (unpaired) electrons. The third-order valence-corrected chi connectivity index (χ3v) is 19.6. The van der Waals surface area contributed by atoms with E-state index in [4.69, 9.17) is 32.8 Å². The van der Waals surface area contributed by atoms with Crippen LogP contribution in [0.1, 0.15) is 60.3 Å². The fourth-order valence-electron chi connectivity index (χ4n) is 8.46. The molecule has 8 nitrogen and oxygen atoms in total. The van der Waals surface area contributed by atoms with Gasteiger partial charge in [-0.2, -0.15) is 0 Å². The van der Waals surface area contributed by atoms with Gasteiger partial charge in [0, 0.05) is 27.9 Å². The van der Waals surface area contributed by atoms with Crippen LogP contribution in [-0.2, 0) is 48.3 Å². The number of benzene rings is 8. The Morgan fingerprint density at radius 1 is 0.452 bits per heavy atom. The first-order valence-electron chi connectivity index (χ1n) is 24.9. The van der Waals surface area contributed by atoms with Gasteiger partial charge in [0.25, 0.3) is 0 Å². The zero-order chi connectivity index (χ0) is 50.7.